The predicted octanol–water partition coefficient (Wildman–Crippen LogP) is 5.34. The highest BCUT2D eigenvalue weighted by Gasteiger charge is 2.17. The highest BCUT2D eigenvalue weighted by atomic mass is 32.1. The molecule has 1 aliphatic carbocycles. The molecule has 1 aliphatic rings. The lowest BCUT2D eigenvalue weighted by molar-refractivity contribution is 0.0937. The van der Waals surface area contributed by atoms with Gasteiger partial charge in [-0.25, -0.2) is 0 Å². The molecule has 0 bridgehead atoms. The van der Waals surface area contributed by atoms with Crippen molar-refractivity contribution in [2.24, 2.45) is 0 Å². The molecular weight excluding hydrogens is 330 g/mol. The molecule has 4 heteroatoms. The molecule has 0 atom stereocenters. The number of benzene rings is 1. The molecule has 1 saturated carbocycles. The van der Waals surface area contributed by atoms with Gasteiger partial charge in [0.2, 0.25) is 0 Å². The molecule has 1 aromatic heterocycles. The van der Waals surface area contributed by atoms with Gasteiger partial charge in [0.15, 0.2) is 0 Å². The summed E-state index contributed by atoms with van der Waals surface area (Å²) in [7, 11) is 0. The van der Waals surface area contributed by atoms with Crippen LogP contribution in [-0.2, 0) is 13.0 Å². The lowest BCUT2D eigenvalue weighted by Gasteiger charge is -2.15. The second-order valence-electron chi connectivity index (χ2n) is 6.77. The quantitative estimate of drug-likeness (QED) is 0.709. The van der Waals surface area contributed by atoms with E-state index in [9.17, 15) is 4.79 Å². The second-order valence-corrected chi connectivity index (χ2v) is 7.68. The maximum Gasteiger partial charge on any atom is 0.261 e. The topological polar surface area (TPSA) is 38.3 Å². The van der Waals surface area contributed by atoms with Gasteiger partial charge in [-0.1, -0.05) is 44.7 Å². The zero-order chi connectivity index (χ0) is 17.5. The van der Waals surface area contributed by atoms with Crippen LogP contribution in [0.3, 0.4) is 0 Å². The van der Waals surface area contributed by atoms with Crippen molar-refractivity contribution in [1.82, 2.24) is 5.32 Å². The van der Waals surface area contributed by atoms with Crippen LogP contribution in [0.2, 0.25) is 0 Å². The van der Waals surface area contributed by atoms with E-state index in [1.165, 1.54) is 42.6 Å². The van der Waals surface area contributed by atoms with E-state index in [2.05, 4.69) is 24.4 Å². The van der Waals surface area contributed by atoms with Crippen LogP contribution < -0.4 is 10.1 Å². The third-order valence-electron chi connectivity index (χ3n) is 4.81. The van der Waals surface area contributed by atoms with Crippen molar-refractivity contribution in [3.05, 3.63) is 51.7 Å². The number of amides is 1. The highest BCUT2D eigenvalue weighted by Crippen LogP contribution is 2.21. The van der Waals surface area contributed by atoms with Crippen molar-refractivity contribution in [2.45, 2.75) is 64.5 Å². The monoisotopic (exact) mass is 357 g/mol. The fraction of sp³-hybridized carbons (Fsp3) is 0.476. The maximum atomic E-state index is 12.4. The molecule has 2 aromatic rings. The number of aryl methyl sites for hydroxylation is 1. The number of thiophene rings is 1. The van der Waals surface area contributed by atoms with E-state index in [1.807, 2.05) is 23.6 Å². The fourth-order valence-corrected chi connectivity index (χ4v) is 4.04. The molecular formula is C21H27NO2S. The van der Waals surface area contributed by atoms with Crippen molar-refractivity contribution in [3.63, 3.8) is 0 Å². The van der Waals surface area contributed by atoms with Gasteiger partial charge in [-0.05, 0) is 48.4 Å². The molecule has 0 radical (unpaired) electrons. The minimum absolute atomic E-state index is 0.0652. The van der Waals surface area contributed by atoms with Crippen LogP contribution in [0.15, 0.2) is 35.7 Å². The zero-order valence-electron chi connectivity index (χ0n) is 14.9. The molecule has 1 N–H and O–H groups in total. The van der Waals surface area contributed by atoms with Crippen molar-refractivity contribution in [2.75, 3.05) is 0 Å². The smallest absolute Gasteiger partial charge is 0.261 e. The first-order valence-electron chi connectivity index (χ1n) is 9.34. The molecule has 0 aliphatic heterocycles. The Morgan fingerprint density at radius 2 is 1.84 bits per heavy atom. The Morgan fingerprint density at radius 1 is 1.12 bits per heavy atom. The van der Waals surface area contributed by atoms with Crippen LogP contribution >= 0.6 is 11.3 Å². The number of ether oxygens (including phenoxy) is 1. The Hall–Kier alpha value is -1.81. The average molecular weight is 358 g/mol. The van der Waals surface area contributed by atoms with Crippen molar-refractivity contribution in [1.29, 1.82) is 0 Å². The number of rotatable bonds is 6. The van der Waals surface area contributed by atoms with E-state index in [0.29, 0.717) is 12.6 Å². The first kappa shape index (κ1) is 18.0. The molecule has 0 spiro atoms. The minimum Gasteiger partial charge on any atom is -0.489 e. The van der Waals surface area contributed by atoms with Crippen molar-refractivity contribution >= 4 is 17.2 Å². The molecule has 1 fully saturated rings. The summed E-state index contributed by atoms with van der Waals surface area (Å²) in [4.78, 5) is 13.2. The van der Waals surface area contributed by atoms with Gasteiger partial charge in [-0.3, -0.25) is 4.79 Å². The summed E-state index contributed by atoms with van der Waals surface area (Å²) in [6.07, 6.45) is 8.31. The van der Waals surface area contributed by atoms with E-state index in [-0.39, 0.29) is 5.91 Å². The van der Waals surface area contributed by atoms with Crippen LogP contribution in [0.1, 0.15) is 66.2 Å². The summed E-state index contributed by atoms with van der Waals surface area (Å²) < 4.78 is 5.83. The molecule has 0 saturated heterocycles. The van der Waals surface area contributed by atoms with Crippen LogP contribution in [0.4, 0.5) is 0 Å². The molecule has 1 amide bonds. The van der Waals surface area contributed by atoms with E-state index in [1.54, 1.807) is 0 Å². The first-order valence-corrected chi connectivity index (χ1v) is 10.2. The second kappa shape index (κ2) is 9.04. The molecule has 134 valence electrons. The summed E-state index contributed by atoms with van der Waals surface area (Å²) in [5, 5.41) is 5.22. The van der Waals surface area contributed by atoms with Gasteiger partial charge in [0.25, 0.3) is 5.91 Å². The van der Waals surface area contributed by atoms with Gasteiger partial charge < -0.3 is 10.1 Å². The van der Waals surface area contributed by atoms with Gasteiger partial charge >= 0.3 is 0 Å². The Labute approximate surface area is 154 Å². The normalized spacial score (nSPS) is 15.6. The number of hydrogen-bond donors (Lipinski definition) is 1. The highest BCUT2D eigenvalue weighted by molar-refractivity contribution is 7.12. The van der Waals surface area contributed by atoms with Crippen molar-refractivity contribution < 1.29 is 9.53 Å². The maximum absolute atomic E-state index is 12.4. The number of hydrogen-bond acceptors (Lipinski definition) is 3. The lowest BCUT2D eigenvalue weighted by atomic mass is 10.1. The Kier molecular flexibility index (Phi) is 6.51. The minimum atomic E-state index is 0.0652. The average Bonchev–Trinajstić information content (AvgIpc) is 2.98. The van der Waals surface area contributed by atoms with Gasteiger partial charge in [-0.2, -0.15) is 0 Å². The summed E-state index contributed by atoms with van der Waals surface area (Å²) >= 11 is 1.50. The Balaban J connectivity index is 1.51. The van der Waals surface area contributed by atoms with Crippen LogP contribution in [0, 0.1) is 0 Å². The first-order chi connectivity index (χ1) is 12.2. The van der Waals surface area contributed by atoms with Gasteiger partial charge in [0, 0.05) is 11.6 Å². The van der Waals surface area contributed by atoms with Crippen LogP contribution in [-0.4, -0.2) is 11.9 Å². The standard InChI is InChI=1S/C21H27NO2S/c1-2-16-9-11-19(12-10-16)24-14-17-13-20(25-15-17)21(23)22-18-7-5-3-4-6-8-18/h9-13,15,18H,2-8,14H2,1H3,(H,22,23). The number of carbonyl (C=O) groups excluding carboxylic acids is 1. The Morgan fingerprint density at radius 3 is 2.52 bits per heavy atom. The molecule has 1 aromatic carbocycles. The molecule has 3 rings (SSSR count). The summed E-state index contributed by atoms with van der Waals surface area (Å²) in [6, 6.07) is 10.5. The molecule has 0 unspecified atom stereocenters. The summed E-state index contributed by atoms with van der Waals surface area (Å²) in [5.74, 6) is 0.934. The van der Waals surface area contributed by atoms with E-state index >= 15 is 0 Å². The number of carbonyl (C=O) groups is 1. The third kappa shape index (κ3) is 5.33. The lowest BCUT2D eigenvalue weighted by Crippen LogP contribution is -2.33. The van der Waals surface area contributed by atoms with E-state index in [4.69, 9.17) is 4.74 Å². The molecule has 3 nitrogen and oxygen atoms in total. The summed E-state index contributed by atoms with van der Waals surface area (Å²) in [6.45, 7) is 2.64. The van der Waals surface area contributed by atoms with Crippen LogP contribution in [0.5, 0.6) is 5.75 Å². The third-order valence-corrected chi connectivity index (χ3v) is 5.78. The number of nitrogens with one attached hydrogen (secondary N) is 1. The largest absolute Gasteiger partial charge is 0.489 e. The predicted molar refractivity (Wildman–Crippen MR) is 103 cm³/mol. The Bertz CT molecular complexity index is 669. The molecule has 1 heterocycles. The van der Waals surface area contributed by atoms with Crippen molar-refractivity contribution in [3.8, 4) is 5.75 Å². The van der Waals surface area contributed by atoms with Gasteiger partial charge in [0.1, 0.15) is 12.4 Å². The zero-order valence-corrected chi connectivity index (χ0v) is 15.7. The fourth-order valence-electron chi connectivity index (χ4n) is 3.24. The SMILES string of the molecule is CCc1ccc(OCc2csc(C(=O)NC3CCCCCC3)c2)cc1. The van der Waals surface area contributed by atoms with Gasteiger partial charge in [-0.15, -0.1) is 11.3 Å². The molecule has 25 heavy (non-hydrogen) atoms. The van der Waals surface area contributed by atoms with E-state index in [0.717, 1.165) is 35.5 Å². The van der Waals surface area contributed by atoms with E-state index < -0.39 is 0 Å². The summed E-state index contributed by atoms with van der Waals surface area (Å²) in [5.41, 5.74) is 2.36. The van der Waals surface area contributed by atoms with Crippen LogP contribution in [0.25, 0.3) is 0 Å². The van der Waals surface area contributed by atoms with Gasteiger partial charge in [0.05, 0.1) is 4.88 Å².